The Balaban J connectivity index is 1.49. The molecular formula is C46H53N3O13. The van der Waals surface area contributed by atoms with Crippen molar-refractivity contribution in [2.24, 2.45) is 23.7 Å². The minimum Gasteiger partial charge on any atom is -0.507 e. The Hall–Kier alpha value is -5.97. The topological polar surface area (TPSA) is 227 Å². The molecule has 62 heavy (non-hydrogen) atoms. The average molecular weight is 856 g/mol. The van der Waals surface area contributed by atoms with Crippen LogP contribution in [0.15, 0.2) is 62.3 Å². The molecule has 5 N–H and O–H groups in total. The summed E-state index contributed by atoms with van der Waals surface area (Å²) in [4.78, 5) is 61.3. The number of aliphatic hydroxyl groups excluding tert-OH is 3. The summed E-state index contributed by atoms with van der Waals surface area (Å²) >= 11 is 0. The molecule has 1 aromatic heterocycles. The van der Waals surface area contributed by atoms with Crippen LogP contribution in [0.4, 0.5) is 11.4 Å². The number of aromatic hydroxyl groups is 1. The second-order valence-electron chi connectivity index (χ2n) is 16.9. The van der Waals surface area contributed by atoms with Crippen LogP contribution in [-0.2, 0) is 23.8 Å². The number of ether oxygens (including phenoxy) is 4. The third kappa shape index (κ3) is 7.53. The smallest absolute Gasteiger partial charge is 0.307 e. The van der Waals surface area contributed by atoms with Gasteiger partial charge in [0.05, 0.1) is 35.2 Å². The summed E-state index contributed by atoms with van der Waals surface area (Å²) in [5, 5.41) is 48.9. The molecule has 1 amide bonds. The number of carbonyl (C=O) groups excluding carboxylic acids is 2. The van der Waals surface area contributed by atoms with Gasteiger partial charge in [0.15, 0.2) is 22.4 Å². The number of carbonyl (C=O) groups is 2. The van der Waals surface area contributed by atoms with E-state index in [-0.39, 0.29) is 60.8 Å². The molecule has 3 aromatic carbocycles. The summed E-state index contributed by atoms with van der Waals surface area (Å²) in [6, 6.07) is 3.08. The maximum Gasteiger partial charge on any atom is 0.307 e. The maximum atomic E-state index is 14.7. The summed E-state index contributed by atoms with van der Waals surface area (Å²) in [5.41, 5.74) is -1.33. The maximum absolute atomic E-state index is 14.7. The number of hydrogen-bond donors (Lipinski definition) is 5. The van der Waals surface area contributed by atoms with E-state index in [1.165, 1.54) is 59.3 Å². The zero-order valence-corrected chi connectivity index (χ0v) is 36.1. The first kappa shape index (κ1) is 44.1. The van der Waals surface area contributed by atoms with Gasteiger partial charge in [-0.05, 0) is 26.3 Å². The highest BCUT2D eigenvalue weighted by Crippen LogP contribution is 2.42. The zero-order chi connectivity index (χ0) is 45.1. The van der Waals surface area contributed by atoms with Crippen molar-refractivity contribution in [3.8, 4) is 11.5 Å². The highest BCUT2D eigenvalue weighted by atomic mass is 16.7. The summed E-state index contributed by atoms with van der Waals surface area (Å²) in [6.07, 6.45) is 4.51. The molecule has 16 heteroatoms. The van der Waals surface area contributed by atoms with Gasteiger partial charge in [-0.2, -0.15) is 0 Å². The van der Waals surface area contributed by atoms with Gasteiger partial charge in [-0.3, -0.25) is 19.2 Å². The van der Waals surface area contributed by atoms with E-state index in [0.717, 1.165) is 19.5 Å². The first-order valence-corrected chi connectivity index (χ1v) is 20.7. The van der Waals surface area contributed by atoms with E-state index in [1.54, 1.807) is 45.9 Å². The third-order valence-electron chi connectivity index (χ3n) is 12.6. The Kier molecular flexibility index (Phi) is 11.9. The summed E-state index contributed by atoms with van der Waals surface area (Å²) in [6.45, 7) is 14.0. The minimum atomic E-state index is -1.97. The number of nitrogens with zero attached hydrogens (tertiary/aromatic N) is 2. The van der Waals surface area contributed by atoms with Crippen molar-refractivity contribution >= 4 is 62.0 Å². The van der Waals surface area contributed by atoms with Crippen LogP contribution in [0.5, 0.6) is 11.5 Å². The number of phenols is 1. The quantitative estimate of drug-likeness (QED) is 0.106. The van der Waals surface area contributed by atoms with Crippen molar-refractivity contribution in [1.82, 2.24) is 4.98 Å². The zero-order valence-electron chi connectivity index (χ0n) is 36.1. The standard InChI is InChI=1S/C46H53N3O13/c1-20-12-10-13-21(2)45(57)48-36-40(55)32-31(35-43(36)61-30-19-27(49-15-11-16-49)18-28(51)34(30)47-35)33-42(25(6)39(32)54)62-46(8,44(33)56)59-17-14-29(58-9)22(3)41(60-26(7)50)24(5)38(53)23(4)37(20)52/h10,12-14,17-20,22-24,29,37-38,41,52-54,56H,11,15-16H2,1-9H3,(H,48,57)/b12-10+,17-14-,21-13+/t20-,22+,23+,24+,29-,37-,38+,41+,46-/m0/s1. The molecule has 4 aromatic rings. The van der Waals surface area contributed by atoms with Crippen LogP contribution in [-0.4, -0.2) is 87.7 Å². The molecule has 3 aliphatic rings. The summed E-state index contributed by atoms with van der Waals surface area (Å²) < 4.78 is 30.3. The number of esters is 1. The van der Waals surface area contributed by atoms with Crippen molar-refractivity contribution < 1.29 is 53.4 Å². The SMILES string of the molecule is CO[C@H]1/C=C\O[C@@]2(C)Oc3c(C)c(O)c4c(=O)c(c5oc6cc(N7CCC7)cc(=O)c6nc5c4c3=C2O)NC(=O)/C(C)=C/C=C/[C@H](C)[C@H](O)[C@@H](C)[C@@H](O)[C@@H](C)[C@H](OC(C)=O)[C@@H]1C. The predicted molar refractivity (Wildman–Crippen MR) is 232 cm³/mol. The third-order valence-corrected chi connectivity index (χ3v) is 12.6. The van der Waals surface area contributed by atoms with Crippen molar-refractivity contribution in [1.29, 1.82) is 0 Å². The Morgan fingerprint density at radius 1 is 0.968 bits per heavy atom. The Labute approximate surface area is 356 Å². The van der Waals surface area contributed by atoms with Crippen LogP contribution < -0.4 is 31.0 Å². The largest absolute Gasteiger partial charge is 0.507 e. The van der Waals surface area contributed by atoms with Gasteiger partial charge in [0, 0.05) is 92.1 Å². The molecule has 0 spiro atoms. The number of phenolic OH excluding ortho intramolecular Hbond substituents is 1. The Morgan fingerprint density at radius 3 is 2.32 bits per heavy atom. The number of hydrogen-bond acceptors (Lipinski definition) is 15. The molecule has 3 aliphatic heterocycles. The minimum absolute atomic E-state index is 0.0411. The number of aliphatic hydroxyl groups is 3. The average Bonchev–Trinajstić information content (AvgIpc) is 3.47. The number of methoxy groups -OCH3 is 1. The number of anilines is 2. The number of fused-ring (bicyclic) bond motifs is 2. The molecule has 16 nitrogen and oxygen atoms in total. The van der Waals surface area contributed by atoms with Gasteiger partial charge in [0.1, 0.15) is 28.8 Å². The predicted octanol–water partition coefficient (Wildman–Crippen LogP) is 4.77. The first-order valence-electron chi connectivity index (χ1n) is 20.7. The van der Waals surface area contributed by atoms with Crippen molar-refractivity contribution in [3.63, 3.8) is 0 Å². The van der Waals surface area contributed by atoms with Gasteiger partial charge < -0.3 is 54.0 Å². The van der Waals surface area contributed by atoms with Crippen molar-refractivity contribution in [3.05, 3.63) is 79.5 Å². The van der Waals surface area contributed by atoms with E-state index in [0.29, 0.717) is 5.69 Å². The van der Waals surface area contributed by atoms with Gasteiger partial charge in [-0.15, -0.1) is 0 Å². The van der Waals surface area contributed by atoms with Gasteiger partial charge in [0.25, 0.3) is 5.91 Å². The van der Waals surface area contributed by atoms with E-state index in [1.807, 2.05) is 4.90 Å². The molecule has 0 radical (unpaired) electrons. The highest BCUT2D eigenvalue weighted by Gasteiger charge is 2.44. The lowest BCUT2D eigenvalue weighted by Crippen LogP contribution is -2.46. The molecule has 7 rings (SSSR count). The molecule has 0 aliphatic carbocycles. The van der Waals surface area contributed by atoms with E-state index < -0.39 is 88.1 Å². The lowest BCUT2D eigenvalue weighted by molar-refractivity contribution is -0.160. The molecule has 330 valence electrons. The Morgan fingerprint density at radius 2 is 1.68 bits per heavy atom. The second kappa shape index (κ2) is 16.7. The lowest BCUT2D eigenvalue weighted by Gasteiger charge is -2.38. The van der Waals surface area contributed by atoms with E-state index in [9.17, 15) is 39.6 Å². The van der Waals surface area contributed by atoms with Gasteiger partial charge in [0.2, 0.25) is 10.9 Å². The highest BCUT2D eigenvalue weighted by molar-refractivity contribution is 6.16. The van der Waals surface area contributed by atoms with E-state index in [2.05, 4.69) is 5.32 Å². The fourth-order valence-corrected chi connectivity index (χ4v) is 8.63. The van der Waals surface area contributed by atoms with Crippen LogP contribution in [0.3, 0.4) is 0 Å². The fourth-order valence-electron chi connectivity index (χ4n) is 8.63. The Bertz CT molecular complexity index is 2760. The molecule has 9 atom stereocenters. The molecule has 4 bridgehead atoms. The summed E-state index contributed by atoms with van der Waals surface area (Å²) in [7, 11) is 1.44. The van der Waals surface area contributed by atoms with Gasteiger partial charge in [-0.25, -0.2) is 4.98 Å². The number of allylic oxidation sites excluding steroid dienone is 2. The number of aromatic nitrogens is 1. The summed E-state index contributed by atoms with van der Waals surface area (Å²) in [5.74, 6) is -6.89. The van der Waals surface area contributed by atoms with E-state index in [4.69, 9.17) is 28.3 Å². The number of amides is 1. The van der Waals surface area contributed by atoms with Gasteiger partial charge >= 0.3 is 11.8 Å². The van der Waals surface area contributed by atoms with Crippen LogP contribution in [0, 0.1) is 30.6 Å². The molecular weight excluding hydrogens is 803 g/mol. The molecule has 1 fully saturated rings. The van der Waals surface area contributed by atoms with Gasteiger partial charge in [-0.1, -0.05) is 45.9 Å². The number of nitrogens with one attached hydrogen (secondary N) is 1. The second-order valence-corrected chi connectivity index (χ2v) is 16.9. The molecule has 0 saturated carbocycles. The monoisotopic (exact) mass is 855 g/mol. The van der Waals surface area contributed by atoms with Crippen LogP contribution in [0.2, 0.25) is 0 Å². The first-order chi connectivity index (χ1) is 29.3. The van der Waals surface area contributed by atoms with E-state index >= 15 is 0 Å². The number of rotatable bonds is 3. The lowest BCUT2D eigenvalue weighted by atomic mass is 9.78. The van der Waals surface area contributed by atoms with Crippen LogP contribution in [0.1, 0.15) is 60.5 Å². The number of benzene rings is 3. The van der Waals surface area contributed by atoms with Crippen LogP contribution in [0.25, 0.3) is 38.7 Å². The normalized spacial score (nSPS) is 30.4. The van der Waals surface area contributed by atoms with Crippen molar-refractivity contribution in [2.45, 2.75) is 92.0 Å². The fraction of sp³-hybridized carbons (Fsp3) is 0.457. The molecule has 1 saturated heterocycles. The molecule has 4 heterocycles. The molecule has 0 unspecified atom stereocenters. The van der Waals surface area contributed by atoms with Crippen LogP contribution >= 0.6 is 0 Å². The van der Waals surface area contributed by atoms with Crippen molar-refractivity contribution in [2.75, 3.05) is 30.4 Å².